The topological polar surface area (TPSA) is 133 Å². The van der Waals surface area contributed by atoms with Crippen molar-refractivity contribution < 1.29 is 22.8 Å². The van der Waals surface area contributed by atoms with Crippen molar-refractivity contribution in [2.45, 2.75) is 36.5 Å². The highest BCUT2D eigenvalue weighted by Gasteiger charge is 2.42. The average Bonchev–Trinajstić information content (AvgIpc) is 2.87. The molecule has 3 aromatic carbocycles. The lowest BCUT2D eigenvalue weighted by molar-refractivity contribution is -0.138. The Morgan fingerprint density at radius 2 is 1.50 bits per heavy atom. The zero-order valence-corrected chi connectivity index (χ0v) is 22.5. The summed E-state index contributed by atoms with van der Waals surface area (Å²) in [4.78, 5) is 36.4. The highest BCUT2D eigenvalue weighted by molar-refractivity contribution is 7.92. The summed E-state index contributed by atoms with van der Waals surface area (Å²) >= 11 is 11.8. The fourth-order valence-electron chi connectivity index (χ4n) is 4.22. The molecule has 0 spiro atoms. The van der Waals surface area contributed by atoms with Gasteiger partial charge in [0.1, 0.15) is 0 Å². The number of hydrogen-bond acceptors (Lipinski definition) is 5. The number of carbonyl (C=O) groups excluding carboxylic acids is 3. The second-order valence-electron chi connectivity index (χ2n) is 8.73. The van der Waals surface area contributed by atoms with Gasteiger partial charge in [-0.1, -0.05) is 42.3 Å². The Hall–Kier alpha value is -3.60. The molecule has 1 heterocycles. The van der Waals surface area contributed by atoms with Gasteiger partial charge in [-0.25, -0.2) is 13.2 Å². The van der Waals surface area contributed by atoms with Crippen LogP contribution >= 0.6 is 23.2 Å². The molecule has 1 fully saturated rings. The Labute approximate surface area is 230 Å². The van der Waals surface area contributed by atoms with Gasteiger partial charge in [0.15, 0.2) is 0 Å². The van der Waals surface area contributed by atoms with Crippen molar-refractivity contribution in [2.75, 3.05) is 15.4 Å². The second kappa shape index (κ2) is 11.0. The summed E-state index contributed by atoms with van der Waals surface area (Å²) in [6.07, 6.45) is 1.14. The van der Waals surface area contributed by atoms with Gasteiger partial charge in [0.25, 0.3) is 10.0 Å². The Balaban J connectivity index is 1.41. The molecule has 1 aliphatic rings. The molecule has 12 heteroatoms. The summed E-state index contributed by atoms with van der Waals surface area (Å²) in [6.45, 7) is 1.88. The van der Waals surface area contributed by atoms with E-state index in [-0.39, 0.29) is 23.1 Å². The molecule has 38 heavy (non-hydrogen) atoms. The Bertz CT molecular complexity index is 1500. The number of carbonyl (C=O) groups is 3. The van der Waals surface area contributed by atoms with Crippen LogP contribution in [-0.4, -0.2) is 26.3 Å². The summed E-state index contributed by atoms with van der Waals surface area (Å²) in [7, 11) is -3.92. The normalized spacial score (nSPS) is 17.4. The van der Waals surface area contributed by atoms with Gasteiger partial charge in [0.05, 0.1) is 20.4 Å². The van der Waals surface area contributed by atoms with E-state index in [1.807, 2.05) is 6.92 Å². The van der Waals surface area contributed by atoms with Crippen molar-refractivity contribution in [3.05, 3.63) is 82.3 Å². The van der Waals surface area contributed by atoms with Gasteiger partial charge in [-0.15, -0.1) is 0 Å². The number of rotatable bonds is 7. The first-order chi connectivity index (χ1) is 18.0. The lowest BCUT2D eigenvalue weighted by atomic mass is 9.72. The zero-order valence-electron chi connectivity index (χ0n) is 20.2. The quantitative estimate of drug-likeness (QED) is 0.275. The van der Waals surface area contributed by atoms with Crippen LogP contribution in [0.25, 0.3) is 0 Å². The monoisotopic (exact) mass is 574 g/mol. The van der Waals surface area contributed by atoms with Crippen LogP contribution in [0.15, 0.2) is 71.6 Å². The molecule has 4 N–H and O–H groups in total. The summed E-state index contributed by atoms with van der Waals surface area (Å²) in [6, 6.07) is 16.3. The number of anilines is 3. The summed E-state index contributed by atoms with van der Waals surface area (Å²) < 4.78 is 28.3. The first kappa shape index (κ1) is 27.4. The first-order valence-electron chi connectivity index (χ1n) is 11.6. The van der Waals surface area contributed by atoms with E-state index in [0.29, 0.717) is 45.5 Å². The molecule has 4 rings (SSSR count). The fourth-order valence-corrected chi connectivity index (χ4v) is 5.58. The first-order valence-corrected chi connectivity index (χ1v) is 13.9. The predicted octanol–water partition coefficient (Wildman–Crippen LogP) is 5.52. The molecule has 9 nitrogen and oxygen atoms in total. The van der Waals surface area contributed by atoms with Crippen LogP contribution in [0, 0.1) is 0 Å². The second-order valence-corrected chi connectivity index (χ2v) is 11.2. The third-order valence-electron chi connectivity index (χ3n) is 6.36. The van der Waals surface area contributed by atoms with Crippen molar-refractivity contribution in [1.29, 1.82) is 0 Å². The molecular weight excluding hydrogens is 551 g/mol. The molecule has 0 aromatic heterocycles. The number of sulfonamides is 1. The lowest BCUT2D eigenvalue weighted by Crippen LogP contribution is -2.51. The van der Waals surface area contributed by atoms with Crippen LogP contribution in [0.3, 0.4) is 0 Å². The minimum absolute atomic E-state index is 0.00721. The Kier molecular flexibility index (Phi) is 7.96. The average molecular weight is 575 g/mol. The number of amides is 4. The molecule has 1 atom stereocenters. The molecule has 0 aliphatic carbocycles. The van der Waals surface area contributed by atoms with Crippen LogP contribution in [-0.2, 0) is 25.0 Å². The van der Waals surface area contributed by atoms with E-state index in [4.69, 9.17) is 23.2 Å². The van der Waals surface area contributed by atoms with Gasteiger partial charge in [-0.3, -0.25) is 19.6 Å². The standard InChI is InChI=1S/C26H24Cl2N4O5S/c1-2-26(14-13-23(33)31-24(26)34)16-3-5-18(6-4-16)32-38(36,37)20-10-7-17(8-11-20)29-25(35)30-19-9-12-21(27)22(28)15-19/h3-12,15,32H,2,13-14H2,1H3,(H2,29,30,35)(H,31,33,34)/t26-/m0/s1. The molecule has 0 saturated carbocycles. The maximum atomic E-state index is 12.9. The van der Waals surface area contributed by atoms with Gasteiger partial charge >= 0.3 is 6.03 Å². The van der Waals surface area contributed by atoms with Gasteiger partial charge < -0.3 is 10.6 Å². The molecule has 1 aliphatic heterocycles. The summed E-state index contributed by atoms with van der Waals surface area (Å²) in [5.74, 6) is -0.638. The molecular formula is C26H24Cl2N4O5S. The zero-order chi connectivity index (χ0) is 27.5. The van der Waals surface area contributed by atoms with E-state index in [9.17, 15) is 22.8 Å². The largest absolute Gasteiger partial charge is 0.323 e. The van der Waals surface area contributed by atoms with Crippen molar-refractivity contribution >= 4 is 68.1 Å². The highest BCUT2D eigenvalue weighted by atomic mass is 35.5. The van der Waals surface area contributed by atoms with Gasteiger partial charge in [-0.05, 0) is 73.0 Å². The van der Waals surface area contributed by atoms with E-state index in [1.54, 1.807) is 36.4 Å². The van der Waals surface area contributed by atoms with E-state index < -0.39 is 21.5 Å². The minimum atomic E-state index is -3.92. The van der Waals surface area contributed by atoms with Crippen molar-refractivity contribution in [3.63, 3.8) is 0 Å². The van der Waals surface area contributed by atoms with Gasteiger partial charge in [0.2, 0.25) is 11.8 Å². The smallest absolute Gasteiger partial charge is 0.308 e. The molecule has 4 amide bonds. The molecule has 0 bridgehead atoms. The minimum Gasteiger partial charge on any atom is -0.308 e. The number of imide groups is 1. The van der Waals surface area contributed by atoms with E-state index >= 15 is 0 Å². The number of halogens is 2. The van der Waals surface area contributed by atoms with E-state index in [1.165, 1.54) is 30.3 Å². The number of urea groups is 1. The molecule has 0 radical (unpaired) electrons. The fraction of sp³-hybridized carbons (Fsp3) is 0.192. The molecule has 3 aromatic rings. The number of hydrogen-bond donors (Lipinski definition) is 4. The lowest BCUT2D eigenvalue weighted by Gasteiger charge is -2.35. The summed E-state index contributed by atoms with van der Waals surface area (Å²) in [5.41, 5.74) is 1.01. The third kappa shape index (κ3) is 5.93. The molecule has 0 unspecified atom stereocenters. The Morgan fingerprint density at radius 3 is 2.11 bits per heavy atom. The molecule has 1 saturated heterocycles. The maximum absolute atomic E-state index is 12.9. The van der Waals surface area contributed by atoms with Crippen LogP contribution in [0.2, 0.25) is 10.0 Å². The van der Waals surface area contributed by atoms with Crippen LogP contribution in [0.1, 0.15) is 31.7 Å². The number of piperidine rings is 1. The summed E-state index contributed by atoms with van der Waals surface area (Å²) in [5, 5.41) is 8.27. The van der Waals surface area contributed by atoms with Crippen molar-refractivity contribution in [1.82, 2.24) is 5.32 Å². The van der Waals surface area contributed by atoms with Crippen LogP contribution in [0.4, 0.5) is 21.9 Å². The SMILES string of the molecule is CC[C@@]1(c2ccc(NS(=O)(=O)c3ccc(NC(=O)Nc4ccc(Cl)c(Cl)c4)cc3)cc2)CCC(=O)NC1=O. The maximum Gasteiger partial charge on any atom is 0.323 e. The van der Waals surface area contributed by atoms with Crippen LogP contribution in [0.5, 0.6) is 0 Å². The third-order valence-corrected chi connectivity index (χ3v) is 8.50. The highest BCUT2D eigenvalue weighted by Crippen LogP contribution is 2.36. The van der Waals surface area contributed by atoms with E-state index in [0.717, 1.165) is 0 Å². The van der Waals surface area contributed by atoms with Gasteiger partial charge in [0, 0.05) is 23.5 Å². The van der Waals surface area contributed by atoms with Gasteiger partial charge in [-0.2, -0.15) is 0 Å². The van der Waals surface area contributed by atoms with Crippen LogP contribution < -0.4 is 20.7 Å². The number of nitrogens with one attached hydrogen (secondary N) is 4. The van der Waals surface area contributed by atoms with E-state index in [2.05, 4.69) is 20.7 Å². The number of benzene rings is 3. The Morgan fingerprint density at radius 1 is 0.895 bits per heavy atom. The van der Waals surface area contributed by atoms with Crippen molar-refractivity contribution in [2.24, 2.45) is 0 Å². The predicted molar refractivity (Wildman–Crippen MR) is 147 cm³/mol. The molecule has 198 valence electrons. The van der Waals surface area contributed by atoms with Crippen molar-refractivity contribution in [3.8, 4) is 0 Å².